The molecule has 0 amide bonds. The fraction of sp³-hybridized carbons (Fsp3) is 0.333. The van der Waals surface area contributed by atoms with Crippen molar-refractivity contribution in [3.63, 3.8) is 0 Å². The summed E-state index contributed by atoms with van der Waals surface area (Å²) in [6.07, 6.45) is 0. The predicted molar refractivity (Wildman–Crippen MR) is 88.5 cm³/mol. The molecule has 0 fully saturated rings. The van der Waals surface area contributed by atoms with Gasteiger partial charge >= 0.3 is 0 Å². The standard InChI is InChI=1S/C15H18INS/c1-4-17-14(12-7-5-6-8-13(12)16)15-10(2)9-11(3)18-15/h5-9,14,17H,4H2,1-3H3. The van der Waals surface area contributed by atoms with E-state index in [0.717, 1.165) is 6.54 Å². The molecular weight excluding hydrogens is 353 g/mol. The smallest absolute Gasteiger partial charge is 0.0684 e. The molecular formula is C15H18INS. The first-order chi connectivity index (χ1) is 8.63. The van der Waals surface area contributed by atoms with Gasteiger partial charge < -0.3 is 5.32 Å². The maximum absolute atomic E-state index is 3.62. The van der Waals surface area contributed by atoms with Crippen molar-refractivity contribution in [1.29, 1.82) is 0 Å². The van der Waals surface area contributed by atoms with Crippen LogP contribution in [0.4, 0.5) is 0 Å². The number of benzene rings is 1. The van der Waals surface area contributed by atoms with Gasteiger partial charge in [0.1, 0.15) is 0 Å². The van der Waals surface area contributed by atoms with E-state index in [4.69, 9.17) is 0 Å². The molecule has 0 spiro atoms. The van der Waals surface area contributed by atoms with Crippen LogP contribution in [-0.2, 0) is 0 Å². The van der Waals surface area contributed by atoms with Gasteiger partial charge in [0, 0.05) is 13.3 Å². The number of hydrogen-bond acceptors (Lipinski definition) is 2. The first kappa shape index (κ1) is 14.0. The Morgan fingerprint density at radius 1 is 1.28 bits per heavy atom. The van der Waals surface area contributed by atoms with Gasteiger partial charge in [-0.3, -0.25) is 0 Å². The lowest BCUT2D eigenvalue weighted by molar-refractivity contribution is 0.635. The zero-order chi connectivity index (χ0) is 13.1. The maximum Gasteiger partial charge on any atom is 0.0684 e. The summed E-state index contributed by atoms with van der Waals surface area (Å²) < 4.78 is 1.33. The Hall–Kier alpha value is -0.390. The summed E-state index contributed by atoms with van der Waals surface area (Å²) in [5, 5.41) is 3.62. The monoisotopic (exact) mass is 371 g/mol. The Labute approximate surface area is 127 Å². The zero-order valence-electron chi connectivity index (χ0n) is 11.0. The van der Waals surface area contributed by atoms with E-state index < -0.39 is 0 Å². The molecule has 1 heterocycles. The van der Waals surface area contributed by atoms with E-state index in [1.165, 1.54) is 24.5 Å². The third kappa shape index (κ3) is 2.95. The summed E-state index contributed by atoms with van der Waals surface area (Å²) >= 11 is 4.33. The molecule has 1 nitrogen and oxygen atoms in total. The van der Waals surface area contributed by atoms with Crippen LogP contribution >= 0.6 is 33.9 Å². The topological polar surface area (TPSA) is 12.0 Å². The van der Waals surface area contributed by atoms with Crippen molar-refractivity contribution >= 4 is 33.9 Å². The minimum absolute atomic E-state index is 0.321. The summed E-state index contributed by atoms with van der Waals surface area (Å²) in [5.41, 5.74) is 2.77. The number of nitrogens with one attached hydrogen (secondary N) is 1. The van der Waals surface area contributed by atoms with Crippen LogP contribution in [0.5, 0.6) is 0 Å². The first-order valence-corrected chi connectivity index (χ1v) is 8.07. The Kier molecular flexibility index (Phi) is 4.81. The average molecular weight is 371 g/mol. The molecule has 1 unspecified atom stereocenters. The normalized spacial score (nSPS) is 12.7. The molecule has 1 atom stereocenters. The quantitative estimate of drug-likeness (QED) is 0.771. The lowest BCUT2D eigenvalue weighted by Crippen LogP contribution is -2.22. The molecule has 2 rings (SSSR count). The van der Waals surface area contributed by atoms with Crippen LogP contribution in [0, 0.1) is 17.4 Å². The summed E-state index contributed by atoms with van der Waals surface area (Å²) in [5.74, 6) is 0. The maximum atomic E-state index is 3.62. The second-order valence-electron chi connectivity index (χ2n) is 4.42. The van der Waals surface area contributed by atoms with Gasteiger partial charge in [0.2, 0.25) is 0 Å². The van der Waals surface area contributed by atoms with Crippen molar-refractivity contribution in [2.75, 3.05) is 6.54 Å². The largest absolute Gasteiger partial charge is 0.306 e. The zero-order valence-corrected chi connectivity index (χ0v) is 13.9. The van der Waals surface area contributed by atoms with E-state index in [2.05, 4.69) is 79.0 Å². The fourth-order valence-electron chi connectivity index (χ4n) is 2.20. The molecule has 0 aliphatic heterocycles. The lowest BCUT2D eigenvalue weighted by atomic mass is 10.0. The van der Waals surface area contributed by atoms with Crippen molar-refractivity contribution in [3.05, 3.63) is 54.8 Å². The van der Waals surface area contributed by atoms with Gasteiger partial charge in [-0.05, 0) is 66.2 Å². The molecule has 0 saturated heterocycles. The first-order valence-electron chi connectivity index (χ1n) is 6.18. The van der Waals surface area contributed by atoms with E-state index in [0.29, 0.717) is 6.04 Å². The Morgan fingerprint density at radius 3 is 2.56 bits per heavy atom. The summed E-state index contributed by atoms with van der Waals surface area (Å²) in [4.78, 5) is 2.83. The minimum Gasteiger partial charge on any atom is -0.306 e. The summed E-state index contributed by atoms with van der Waals surface area (Å²) in [6, 6.07) is 11.2. The number of aryl methyl sites for hydroxylation is 2. The predicted octanol–water partition coefficient (Wildman–Crippen LogP) is 4.67. The molecule has 0 bridgehead atoms. The molecule has 0 saturated carbocycles. The van der Waals surface area contributed by atoms with Crippen molar-refractivity contribution < 1.29 is 0 Å². The van der Waals surface area contributed by atoms with Crippen LogP contribution in [0.3, 0.4) is 0 Å². The highest BCUT2D eigenvalue weighted by atomic mass is 127. The fourth-order valence-corrected chi connectivity index (χ4v) is 4.03. The SMILES string of the molecule is CCNC(c1ccccc1I)c1sc(C)cc1C. The van der Waals surface area contributed by atoms with Crippen LogP contribution in [-0.4, -0.2) is 6.54 Å². The molecule has 96 valence electrons. The van der Waals surface area contributed by atoms with Crippen LogP contribution in [0.2, 0.25) is 0 Å². The lowest BCUT2D eigenvalue weighted by Gasteiger charge is -2.19. The van der Waals surface area contributed by atoms with E-state index in [9.17, 15) is 0 Å². The van der Waals surface area contributed by atoms with Crippen LogP contribution in [0.25, 0.3) is 0 Å². The molecule has 1 aromatic carbocycles. The van der Waals surface area contributed by atoms with Gasteiger partial charge in [-0.25, -0.2) is 0 Å². The van der Waals surface area contributed by atoms with Gasteiger partial charge in [-0.2, -0.15) is 0 Å². The summed E-state index contributed by atoms with van der Waals surface area (Å²) in [6.45, 7) is 7.53. The molecule has 0 radical (unpaired) electrons. The number of halogens is 1. The number of thiophene rings is 1. The molecule has 3 heteroatoms. The Morgan fingerprint density at radius 2 is 2.00 bits per heavy atom. The van der Waals surface area contributed by atoms with Gasteiger partial charge in [0.05, 0.1) is 6.04 Å². The third-order valence-electron chi connectivity index (χ3n) is 2.97. The van der Waals surface area contributed by atoms with Crippen molar-refractivity contribution in [3.8, 4) is 0 Å². The molecule has 0 aliphatic carbocycles. The van der Waals surface area contributed by atoms with Crippen molar-refractivity contribution in [2.45, 2.75) is 26.8 Å². The van der Waals surface area contributed by atoms with E-state index in [1.807, 2.05) is 11.3 Å². The molecule has 1 N–H and O–H groups in total. The Balaban J connectivity index is 2.46. The number of hydrogen-bond donors (Lipinski definition) is 1. The highest BCUT2D eigenvalue weighted by Crippen LogP contribution is 2.33. The highest BCUT2D eigenvalue weighted by molar-refractivity contribution is 14.1. The van der Waals surface area contributed by atoms with Crippen molar-refractivity contribution in [1.82, 2.24) is 5.32 Å². The number of rotatable bonds is 4. The van der Waals surface area contributed by atoms with Gasteiger partial charge in [0.25, 0.3) is 0 Å². The van der Waals surface area contributed by atoms with Crippen LogP contribution in [0.1, 0.15) is 33.8 Å². The van der Waals surface area contributed by atoms with Crippen molar-refractivity contribution in [2.24, 2.45) is 0 Å². The molecule has 18 heavy (non-hydrogen) atoms. The second kappa shape index (κ2) is 6.17. The van der Waals surface area contributed by atoms with Crippen LogP contribution in [0.15, 0.2) is 30.3 Å². The third-order valence-corrected chi connectivity index (χ3v) is 5.17. The Bertz CT molecular complexity index is 533. The molecule has 1 aromatic heterocycles. The van der Waals surface area contributed by atoms with Gasteiger partial charge in [0.15, 0.2) is 0 Å². The summed E-state index contributed by atoms with van der Waals surface area (Å²) in [7, 11) is 0. The van der Waals surface area contributed by atoms with E-state index in [1.54, 1.807) is 0 Å². The minimum atomic E-state index is 0.321. The van der Waals surface area contributed by atoms with Crippen LogP contribution < -0.4 is 5.32 Å². The second-order valence-corrected chi connectivity index (χ2v) is 6.87. The molecule has 2 aromatic rings. The van der Waals surface area contributed by atoms with Gasteiger partial charge in [-0.15, -0.1) is 11.3 Å². The highest BCUT2D eigenvalue weighted by Gasteiger charge is 2.19. The van der Waals surface area contributed by atoms with E-state index >= 15 is 0 Å². The van der Waals surface area contributed by atoms with E-state index in [-0.39, 0.29) is 0 Å². The average Bonchev–Trinajstić information content (AvgIpc) is 2.66. The molecule has 0 aliphatic rings. The van der Waals surface area contributed by atoms with Gasteiger partial charge in [-0.1, -0.05) is 25.1 Å².